The maximum Gasteiger partial charge on any atom is 0.408 e. The van der Waals surface area contributed by atoms with Crippen LogP contribution in [0, 0.1) is 23.6 Å². The quantitative estimate of drug-likeness (QED) is 0.194. The molecular formula is C41H54F3N5O10S. The van der Waals surface area contributed by atoms with Gasteiger partial charge in [0.05, 0.1) is 24.5 Å². The van der Waals surface area contributed by atoms with Crippen molar-refractivity contribution in [3.05, 3.63) is 36.2 Å². The van der Waals surface area contributed by atoms with Crippen LogP contribution >= 0.6 is 0 Å². The summed E-state index contributed by atoms with van der Waals surface area (Å²) in [6.07, 6.45) is 3.13. The van der Waals surface area contributed by atoms with Gasteiger partial charge in [0.1, 0.15) is 23.4 Å². The zero-order chi connectivity index (χ0) is 44.3. The maximum absolute atomic E-state index is 17.7. The summed E-state index contributed by atoms with van der Waals surface area (Å²) in [4.78, 5) is 62.0. The van der Waals surface area contributed by atoms with Gasteiger partial charge in [-0.05, 0) is 83.6 Å². The highest BCUT2D eigenvalue weighted by atomic mass is 32.2. The molecule has 0 spiro atoms. The van der Waals surface area contributed by atoms with Crippen molar-refractivity contribution in [2.24, 2.45) is 17.8 Å². The zero-order valence-corrected chi connectivity index (χ0v) is 35.8. The number of methoxy groups -OCH3 is 2. The molecule has 2 aromatic rings. The monoisotopic (exact) mass is 865 g/mol. The van der Waals surface area contributed by atoms with E-state index in [2.05, 4.69) is 15.0 Å². The van der Waals surface area contributed by atoms with E-state index in [1.54, 1.807) is 32.9 Å². The summed E-state index contributed by atoms with van der Waals surface area (Å²) >= 11 is 0. The average molecular weight is 866 g/mol. The number of carboxylic acid groups (broad SMARTS) is 1. The van der Waals surface area contributed by atoms with Gasteiger partial charge in [-0.25, -0.2) is 22.6 Å². The fourth-order valence-electron chi connectivity index (χ4n) is 8.55. The summed E-state index contributed by atoms with van der Waals surface area (Å²) in [7, 11) is -1.71. The van der Waals surface area contributed by atoms with E-state index in [1.807, 2.05) is 6.92 Å². The van der Waals surface area contributed by atoms with Crippen LogP contribution in [-0.2, 0) is 24.4 Å². The largest absolute Gasteiger partial charge is 0.494 e. The first-order valence-corrected chi connectivity index (χ1v) is 21.7. The van der Waals surface area contributed by atoms with Gasteiger partial charge in [-0.1, -0.05) is 32.9 Å². The Morgan fingerprint density at radius 1 is 1.10 bits per heavy atom. The molecule has 3 fully saturated rings. The van der Waals surface area contributed by atoms with Crippen LogP contribution in [0.2, 0.25) is 0 Å². The number of benzene rings is 1. The Hall–Kier alpha value is -4.81. The molecule has 3 N–H and O–H groups in total. The molecule has 0 bridgehead atoms. The first-order valence-electron chi connectivity index (χ1n) is 20.2. The lowest BCUT2D eigenvalue weighted by Crippen LogP contribution is -2.64. The molecule has 2 saturated carbocycles. The predicted molar refractivity (Wildman–Crippen MR) is 212 cm³/mol. The van der Waals surface area contributed by atoms with E-state index in [4.69, 9.17) is 14.2 Å². The molecule has 1 aromatic heterocycles. The number of hydrogen-bond acceptors (Lipinski definition) is 10. The number of nitrogens with one attached hydrogen (secondary N) is 2. The molecule has 60 heavy (non-hydrogen) atoms. The highest BCUT2D eigenvalue weighted by Crippen LogP contribution is 2.52. The second-order valence-electron chi connectivity index (χ2n) is 17.3. The molecule has 8 atom stereocenters. The molecule has 3 heterocycles. The summed E-state index contributed by atoms with van der Waals surface area (Å²) in [5.74, 6) is -6.85. The van der Waals surface area contributed by atoms with Crippen molar-refractivity contribution < 1.29 is 60.1 Å². The number of hydrogen-bond donors (Lipinski definition) is 3. The highest BCUT2D eigenvalue weighted by Gasteiger charge is 2.71. The lowest BCUT2D eigenvalue weighted by Gasteiger charge is -2.42. The van der Waals surface area contributed by atoms with Gasteiger partial charge >= 0.3 is 12.1 Å². The third-order valence-corrected chi connectivity index (χ3v) is 15.0. The minimum Gasteiger partial charge on any atom is -0.494 e. The number of carbonyl (C=O) groups is 4. The van der Waals surface area contributed by atoms with E-state index in [0.717, 1.165) is 24.0 Å². The minimum atomic E-state index is -4.39. The SMILES string of the molecule is CCC(C)N(C(=O)O)[C@@H]1C(=O)N2[C@@H](C[C@@](C)(Oc3cc(OC)nc4cc(OC)c(F)cc34)C2(F)F)C(=O)N[C@]2(C(=O)NS(=O)(=O)C3(C)CC3)C[C@H]2/C=C\CC[C@@H](C)C[C@H]1C. The molecule has 4 amide bonds. The van der Waals surface area contributed by atoms with Gasteiger partial charge in [-0.15, -0.1) is 0 Å². The molecule has 0 radical (unpaired) electrons. The van der Waals surface area contributed by atoms with Crippen molar-refractivity contribution in [3.63, 3.8) is 0 Å². The maximum atomic E-state index is 17.7. The molecule has 4 aliphatic rings. The Balaban J connectivity index is 1.50. The normalized spacial score (nSPS) is 31.0. The molecule has 6 rings (SSSR count). The lowest BCUT2D eigenvalue weighted by atomic mass is 9.86. The van der Waals surface area contributed by atoms with Crippen molar-refractivity contribution in [2.75, 3.05) is 14.2 Å². The molecule has 15 nitrogen and oxygen atoms in total. The number of carbonyl (C=O) groups excluding carboxylic acids is 3. The van der Waals surface area contributed by atoms with E-state index in [1.165, 1.54) is 27.2 Å². The number of amides is 4. The number of halogens is 3. The van der Waals surface area contributed by atoms with Gasteiger partial charge in [-0.3, -0.25) is 28.9 Å². The molecular weight excluding hydrogens is 812 g/mol. The second kappa shape index (κ2) is 15.9. The van der Waals surface area contributed by atoms with Crippen LogP contribution in [-0.4, -0.2) is 106 Å². The first kappa shape index (κ1) is 44.7. The van der Waals surface area contributed by atoms with E-state index in [-0.39, 0.29) is 58.4 Å². The number of ether oxygens (including phenoxy) is 3. The van der Waals surface area contributed by atoms with Crippen LogP contribution in [0.4, 0.5) is 18.0 Å². The molecule has 1 saturated heterocycles. The molecule has 19 heteroatoms. The van der Waals surface area contributed by atoms with E-state index < -0.39 is 98.0 Å². The number of aromatic nitrogens is 1. The second-order valence-corrected chi connectivity index (χ2v) is 19.5. The van der Waals surface area contributed by atoms with Gasteiger partial charge < -0.3 is 24.6 Å². The summed E-state index contributed by atoms with van der Waals surface area (Å²) in [6.45, 7) is 9.20. The van der Waals surface area contributed by atoms with Crippen molar-refractivity contribution in [1.82, 2.24) is 24.8 Å². The average Bonchev–Trinajstić information content (AvgIpc) is 4.08. The van der Waals surface area contributed by atoms with Crippen molar-refractivity contribution in [3.8, 4) is 17.4 Å². The summed E-state index contributed by atoms with van der Waals surface area (Å²) in [6, 6.07) is -5.67. The minimum absolute atomic E-state index is 0.0423. The smallest absolute Gasteiger partial charge is 0.408 e. The fraction of sp³-hybridized carbons (Fsp3) is 0.634. The molecule has 330 valence electrons. The topological polar surface area (TPSA) is 194 Å². The number of allylic oxidation sites excluding steroid dienone is 1. The molecule has 1 aromatic carbocycles. The van der Waals surface area contributed by atoms with Gasteiger partial charge in [0, 0.05) is 35.9 Å². The fourth-order valence-corrected chi connectivity index (χ4v) is 9.86. The van der Waals surface area contributed by atoms with E-state index in [0.29, 0.717) is 25.7 Å². The Labute approximate surface area is 347 Å². The Morgan fingerprint density at radius 2 is 1.78 bits per heavy atom. The Kier molecular flexibility index (Phi) is 11.9. The third-order valence-electron chi connectivity index (χ3n) is 12.9. The van der Waals surface area contributed by atoms with Crippen molar-refractivity contribution in [2.45, 2.75) is 133 Å². The molecule has 2 aliphatic heterocycles. The Bertz CT molecular complexity index is 2210. The zero-order valence-electron chi connectivity index (χ0n) is 35.0. The van der Waals surface area contributed by atoms with Crippen LogP contribution in [0.1, 0.15) is 92.9 Å². The van der Waals surface area contributed by atoms with Crippen LogP contribution in [0.3, 0.4) is 0 Å². The Morgan fingerprint density at radius 3 is 2.38 bits per heavy atom. The van der Waals surface area contributed by atoms with E-state index >= 15 is 18.0 Å². The summed E-state index contributed by atoms with van der Waals surface area (Å²) < 4.78 is 94.5. The number of pyridine rings is 1. The van der Waals surface area contributed by atoms with Crippen molar-refractivity contribution >= 4 is 44.7 Å². The van der Waals surface area contributed by atoms with Crippen LogP contribution in [0.5, 0.6) is 17.4 Å². The van der Waals surface area contributed by atoms with Crippen LogP contribution in [0.15, 0.2) is 30.4 Å². The number of alkyl halides is 2. The van der Waals surface area contributed by atoms with Gasteiger partial charge in [0.2, 0.25) is 21.8 Å². The van der Waals surface area contributed by atoms with Crippen LogP contribution < -0.4 is 24.2 Å². The highest BCUT2D eigenvalue weighted by molar-refractivity contribution is 7.91. The van der Waals surface area contributed by atoms with E-state index in [9.17, 15) is 27.9 Å². The lowest BCUT2D eigenvalue weighted by molar-refractivity contribution is -0.218. The van der Waals surface area contributed by atoms with Crippen molar-refractivity contribution in [1.29, 1.82) is 0 Å². The van der Waals surface area contributed by atoms with Gasteiger partial charge in [0.15, 0.2) is 17.2 Å². The summed E-state index contributed by atoms with van der Waals surface area (Å²) in [5.41, 5.74) is -4.62. The van der Waals surface area contributed by atoms with Crippen LogP contribution in [0.25, 0.3) is 10.9 Å². The standard InChI is InChI=1S/C41H54F3N5O10S/c1-9-24(4)48(37(53)54)33-23(3)16-22(2)12-10-11-13-25-20-40(25,36(52)47-60(55,56)38(5)14-15-38)46-34(50)29-21-39(6,41(43,44)49(29)35(33)51)59-30-19-32(58-8)45-28-18-31(57-7)27(42)17-26(28)30/h11,13,17-19,22-25,29,33H,9-10,12,14-16,20-21H2,1-8H3,(H,46,50)(H,47,52)(H,53,54)/b13-11-/t22-,23-,24?,25-,29+,33+,39-,40-/m1/s1. The third kappa shape index (κ3) is 7.81. The number of rotatable bonds is 10. The van der Waals surface area contributed by atoms with Gasteiger partial charge in [-0.2, -0.15) is 8.78 Å². The first-order chi connectivity index (χ1) is 28.0. The number of nitrogens with zero attached hydrogens (tertiary/aromatic N) is 3. The van der Waals surface area contributed by atoms with Gasteiger partial charge in [0.25, 0.3) is 11.8 Å². The molecule has 2 aliphatic carbocycles. The molecule has 1 unspecified atom stereocenters. The number of fused-ring (bicyclic) bond motifs is 3. The number of sulfonamides is 1. The predicted octanol–water partition coefficient (Wildman–Crippen LogP) is 5.76. The summed E-state index contributed by atoms with van der Waals surface area (Å²) in [5, 5.41) is 13.1.